The predicted molar refractivity (Wildman–Crippen MR) is 82.1 cm³/mol. The molecule has 1 aromatic rings. The largest absolute Gasteiger partial charge is 0.373 e. The monoisotopic (exact) mass is 279 g/mol. The molecular formula is C14H25N5O. The van der Waals surface area contributed by atoms with E-state index in [4.69, 9.17) is 0 Å². The molecule has 0 atom stereocenters. The molecule has 0 aliphatic rings. The zero-order chi connectivity index (χ0) is 15.0. The number of carbonyl (C=O) groups excluding carboxylic acids is 1. The van der Waals surface area contributed by atoms with Gasteiger partial charge in [0.25, 0.3) is 0 Å². The molecule has 0 bridgehead atoms. The fraction of sp³-hybridized carbons (Fsp3) is 0.643. The van der Waals surface area contributed by atoms with Crippen molar-refractivity contribution in [3.8, 4) is 0 Å². The van der Waals surface area contributed by atoms with Gasteiger partial charge in [0.15, 0.2) is 0 Å². The Hall–Kier alpha value is -1.85. The third-order valence-electron chi connectivity index (χ3n) is 2.92. The molecule has 6 heteroatoms. The van der Waals surface area contributed by atoms with E-state index in [1.54, 1.807) is 0 Å². The number of rotatable bonds is 8. The first kappa shape index (κ1) is 16.2. The summed E-state index contributed by atoms with van der Waals surface area (Å²) in [6, 6.07) is 0. The summed E-state index contributed by atoms with van der Waals surface area (Å²) in [5.41, 5.74) is 0.975. The fourth-order valence-corrected chi connectivity index (χ4v) is 1.89. The second-order valence-electron chi connectivity index (χ2n) is 4.59. The van der Waals surface area contributed by atoms with Crippen molar-refractivity contribution in [2.75, 3.05) is 30.8 Å². The topological polar surface area (TPSA) is 78.9 Å². The Balaban J connectivity index is 2.72. The number of aryl methyl sites for hydroxylation is 1. The van der Waals surface area contributed by atoms with E-state index in [0.717, 1.165) is 35.9 Å². The van der Waals surface area contributed by atoms with Gasteiger partial charge in [0, 0.05) is 38.5 Å². The summed E-state index contributed by atoms with van der Waals surface area (Å²) in [4.78, 5) is 20.4. The van der Waals surface area contributed by atoms with Crippen molar-refractivity contribution >= 4 is 17.5 Å². The first-order valence-corrected chi connectivity index (χ1v) is 7.18. The highest BCUT2D eigenvalue weighted by Crippen LogP contribution is 2.20. The molecule has 112 valence electrons. The number of amides is 1. The first-order valence-electron chi connectivity index (χ1n) is 7.18. The Labute approximate surface area is 120 Å². The first-order chi connectivity index (χ1) is 9.62. The summed E-state index contributed by atoms with van der Waals surface area (Å²) in [5.74, 6) is 2.51. The van der Waals surface area contributed by atoms with Crippen molar-refractivity contribution in [2.45, 2.75) is 40.0 Å². The van der Waals surface area contributed by atoms with Crippen LogP contribution in [0.2, 0.25) is 0 Å². The number of nitrogens with zero attached hydrogens (tertiary/aromatic N) is 2. The van der Waals surface area contributed by atoms with Crippen molar-refractivity contribution in [1.29, 1.82) is 0 Å². The Kier molecular flexibility index (Phi) is 6.76. The second kappa shape index (κ2) is 8.35. The lowest BCUT2D eigenvalue weighted by Crippen LogP contribution is -2.25. The van der Waals surface area contributed by atoms with Crippen molar-refractivity contribution in [3.63, 3.8) is 0 Å². The highest BCUT2D eigenvalue weighted by atomic mass is 16.1. The number of hydrogen-bond donors (Lipinski definition) is 3. The summed E-state index contributed by atoms with van der Waals surface area (Å²) in [6.45, 7) is 7.21. The highest BCUT2D eigenvalue weighted by Gasteiger charge is 2.09. The Morgan fingerprint density at radius 3 is 2.50 bits per heavy atom. The van der Waals surface area contributed by atoms with Gasteiger partial charge in [0.1, 0.15) is 17.5 Å². The van der Waals surface area contributed by atoms with E-state index in [-0.39, 0.29) is 5.91 Å². The van der Waals surface area contributed by atoms with Crippen LogP contribution in [0.15, 0.2) is 0 Å². The van der Waals surface area contributed by atoms with Gasteiger partial charge in [-0.05, 0) is 20.3 Å². The number of nitrogens with one attached hydrogen (secondary N) is 3. The van der Waals surface area contributed by atoms with E-state index in [0.29, 0.717) is 19.5 Å². The van der Waals surface area contributed by atoms with Gasteiger partial charge in [-0.3, -0.25) is 4.79 Å². The Morgan fingerprint density at radius 1 is 1.20 bits per heavy atom. The molecule has 0 saturated heterocycles. The van der Waals surface area contributed by atoms with Crippen LogP contribution in [-0.2, 0) is 11.2 Å². The zero-order valence-corrected chi connectivity index (χ0v) is 12.8. The minimum Gasteiger partial charge on any atom is -0.373 e. The van der Waals surface area contributed by atoms with Crippen LogP contribution in [0.25, 0.3) is 0 Å². The molecule has 1 rings (SSSR count). The van der Waals surface area contributed by atoms with Gasteiger partial charge in [-0.2, -0.15) is 0 Å². The highest BCUT2D eigenvalue weighted by molar-refractivity contribution is 5.76. The number of carbonyl (C=O) groups is 1. The summed E-state index contributed by atoms with van der Waals surface area (Å²) in [7, 11) is 1.85. The van der Waals surface area contributed by atoms with E-state index in [1.807, 2.05) is 20.9 Å². The molecule has 0 radical (unpaired) electrons. The fourth-order valence-electron chi connectivity index (χ4n) is 1.89. The molecule has 0 saturated carbocycles. The van der Waals surface area contributed by atoms with Crippen LogP contribution < -0.4 is 16.0 Å². The molecule has 1 heterocycles. The van der Waals surface area contributed by atoms with Crippen LogP contribution in [0.1, 0.15) is 38.1 Å². The standard InChI is InChI=1S/C14H25N5O/c1-5-7-11-18-13(15-4)10(3)14(19-11)17-9-8-12(20)16-6-2/h5-9H2,1-4H3,(H,16,20)(H2,15,17,18,19). The van der Waals surface area contributed by atoms with Crippen molar-refractivity contribution in [3.05, 3.63) is 11.4 Å². The number of anilines is 2. The summed E-state index contributed by atoms with van der Waals surface area (Å²) in [6.07, 6.45) is 2.29. The average molecular weight is 279 g/mol. The van der Waals surface area contributed by atoms with Crippen molar-refractivity contribution in [1.82, 2.24) is 15.3 Å². The summed E-state index contributed by atoms with van der Waals surface area (Å²) < 4.78 is 0. The van der Waals surface area contributed by atoms with Crippen LogP contribution >= 0.6 is 0 Å². The zero-order valence-electron chi connectivity index (χ0n) is 12.8. The SMILES string of the molecule is CCCc1nc(NC)c(C)c(NCCC(=O)NCC)n1. The lowest BCUT2D eigenvalue weighted by Gasteiger charge is -2.13. The molecule has 1 amide bonds. The third-order valence-corrected chi connectivity index (χ3v) is 2.92. The maximum Gasteiger partial charge on any atom is 0.221 e. The van der Waals surface area contributed by atoms with Gasteiger partial charge in [0.05, 0.1) is 0 Å². The van der Waals surface area contributed by atoms with E-state index in [9.17, 15) is 4.79 Å². The van der Waals surface area contributed by atoms with Crippen LogP contribution in [0.4, 0.5) is 11.6 Å². The van der Waals surface area contributed by atoms with E-state index >= 15 is 0 Å². The van der Waals surface area contributed by atoms with Crippen molar-refractivity contribution < 1.29 is 4.79 Å². The molecule has 6 nitrogen and oxygen atoms in total. The maximum atomic E-state index is 11.4. The number of hydrogen-bond acceptors (Lipinski definition) is 5. The van der Waals surface area contributed by atoms with Crippen molar-refractivity contribution in [2.24, 2.45) is 0 Å². The molecular weight excluding hydrogens is 254 g/mol. The molecule has 3 N–H and O–H groups in total. The van der Waals surface area contributed by atoms with E-state index in [1.165, 1.54) is 0 Å². The van der Waals surface area contributed by atoms with Gasteiger partial charge in [0.2, 0.25) is 5.91 Å². The molecule has 0 fully saturated rings. The van der Waals surface area contributed by atoms with E-state index < -0.39 is 0 Å². The van der Waals surface area contributed by atoms with Gasteiger partial charge >= 0.3 is 0 Å². The second-order valence-corrected chi connectivity index (χ2v) is 4.59. The third kappa shape index (κ3) is 4.68. The molecule has 1 aromatic heterocycles. The minimum atomic E-state index is 0.0503. The van der Waals surface area contributed by atoms with Gasteiger partial charge in [-0.1, -0.05) is 6.92 Å². The van der Waals surface area contributed by atoms with Gasteiger partial charge < -0.3 is 16.0 Å². The minimum absolute atomic E-state index is 0.0503. The molecule has 0 aromatic carbocycles. The van der Waals surface area contributed by atoms with Crippen LogP contribution in [0.5, 0.6) is 0 Å². The number of aromatic nitrogens is 2. The smallest absolute Gasteiger partial charge is 0.221 e. The van der Waals surface area contributed by atoms with Crippen LogP contribution in [-0.4, -0.2) is 36.0 Å². The molecule has 0 aliphatic heterocycles. The quantitative estimate of drug-likeness (QED) is 0.675. The molecule has 0 aliphatic carbocycles. The Morgan fingerprint density at radius 2 is 1.90 bits per heavy atom. The lowest BCUT2D eigenvalue weighted by molar-refractivity contribution is -0.120. The predicted octanol–water partition coefficient (Wildman–Crippen LogP) is 1.72. The maximum absolute atomic E-state index is 11.4. The Bertz CT molecular complexity index is 447. The normalized spacial score (nSPS) is 10.2. The van der Waals surface area contributed by atoms with Crippen LogP contribution in [0, 0.1) is 6.92 Å². The molecule has 0 spiro atoms. The summed E-state index contributed by atoms with van der Waals surface area (Å²) in [5, 5.41) is 9.08. The average Bonchev–Trinajstić information content (AvgIpc) is 2.42. The summed E-state index contributed by atoms with van der Waals surface area (Å²) >= 11 is 0. The van der Waals surface area contributed by atoms with Crippen LogP contribution in [0.3, 0.4) is 0 Å². The molecule has 20 heavy (non-hydrogen) atoms. The van der Waals surface area contributed by atoms with Gasteiger partial charge in [-0.15, -0.1) is 0 Å². The molecule has 0 unspecified atom stereocenters. The lowest BCUT2D eigenvalue weighted by atomic mass is 10.2. The van der Waals surface area contributed by atoms with E-state index in [2.05, 4.69) is 32.8 Å². The van der Waals surface area contributed by atoms with Gasteiger partial charge in [-0.25, -0.2) is 9.97 Å².